The van der Waals surface area contributed by atoms with E-state index in [-0.39, 0.29) is 5.54 Å². The molecule has 0 bridgehead atoms. The van der Waals surface area contributed by atoms with Gasteiger partial charge in [0.1, 0.15) is 0 Å². The molecule has 0 amide bonds. The van der Waals surface area contributed by atoms with Crippen LogP contribution in [0.25, 0.3) is 0 Å². The molecule has 0 aliphatic carbocycles. The molecule has 1 N–H and O–H groups in total. The SMILES string of the molecule is Cc1cc(Sc2ccc(CNC(C)(C)C)c(Br)c2)n(C)n1. The Morgan fingerprint density at radius 1 is 1.29 bits per heavy atom. The van der Waals surface area contributed by atoms with Crippen LogP contribution < -0.4 is 5.32 Å². The van der Waals surface area contributed by atoms with E-state index in [1.54, 1.807) is 11.8 Å². The number of benzene rings is 1. The summed E-state index contributed by atoms with van der Waals surface area (Å²) < 4.78 is 3.06. The maximum atomic E-state index is 4.38. The maximum Gasteiger partial charge on any atom is 0.0986 e. The molecule has 1 aromatic carbocycles. The molecule has 1 aromatic heterocycles. The molecule has 0 saturated carbocycles. The van der Waals surface area contributed by atoms with E-state index in [1.807, 2.05) is 18.7 Å². The first-order chi connectivity index (χ1) is 9.74. The van der Waals surface area contributed by atoms with Crippen LogP contribution in [0.15, 0.2) is 38.7 Å². The highest BCUT2D eigenvalue weighted by molar-refractivity contribution is 9.10. The van der Waals surface area contributed by atoms with Crippen LogP contribution in [-0.2, 0) is 13.6 Å². The first-order valence-electron chi connectivity index (χ1n) is 6.96. The fourth-order valence-corrected chi connectivity index (χ4v) is 3.53. The molecule has 2 aromatic rings. The molecule has 5 heteroatoms. The second-order valence-corrected chi connectivity index (χ2v) is 8.15. The summed E-state index contributed by atoms with van der Waals surface area (Å²) in [6, 6.07) is 8.62. The van der Waals surface area contributed by atoms with E-state index in [1.165, 1.54) is 10.5 Å². The number of aryl methyl sites for hydroxylation is 2. The smallest absolute Gasteiger partial charge is 0.0986 e. The van der Waals surface area contributed by atoms with E-state index < -0.39 is 0 Å². The highest BCUT2D eigenvalue weighted by atomic mass is 79.9. The van der Waals surface area contributed by atoms with E-state index in [9.17, 15) is 0 Å². The lowest BCUT2D eigenvalue weighted by Crippen LogP contribution is -2.35. The molecular weight excluding hydrogens is 346 g/mol. The lowest BCUT2D eigenvalue weighted by Gasteiger charge is -2.21. The molecule has 0 saturated heterocycles. The van der Waals surface area contributed by atoms with Gasteiger partial charge >= 0.3 is 0 Å². The number of nitrogens with one attached hydrogen (secondary N) is 1. The van der Waals surface area contributed by atoms with Gasteiger partial charge in [-0.15, -0.1) is 0 Å². The molecule has 0 unspecified atom stereocenters. The predicted octanol–water partition coefficient (Wildman–Crippen LogP) is 4.53. The van der Waals surface area contributed by atoms with Gasteiger partial charge in [0.05, 0.1) is 10.7 Å². The van der Waals surface area contributed by atoms with Gasteiger partial charge in [0, 0.05) is 28.5 Å². The van der Waals surface area contributed by atoms with E-state index in [0.29, 0.717) is 0 Å². The van der Waals surface area contributed by atoms with Gasteiger partial charge in [-0.05, 0) is 51.5 Å². The predicted molar refractivity (Wildman–Crippen MR) is 92.8 cm³/mol. The van der Waals surface area contributed by atoms with Gasteiger partial charge < -0.3 is 5.32 Å². The number of nitrogens with zero attached hydrogens (tertiary/aromatic N) is 2. The summed E-state index contributed by atoms with van der Waals surface area (Å²) in [6.45, 7) is 9.41. The lowest BCUT2D eigenvalue weighted by atomic mass is 10.1. The van der Waals surface area contributed by atoms with Gasteiger partial charge in [-0.2, -0.15) is 5.10 Å². The third-order valence-electron chi connectivity index (χ3n) is 3.02. The van der Waals surface area contributed by atoms with Crippen LogP contribution in [0.5, 0.6) is 0 Å². The summed E-state index contributed by atoms with van der Waals surface area (Å²) in [5, 5.41) is 9.04. The Balaban J connectivity index is 2.10. The first-order valence-corrected chi connectivity index (χ1v) is 8.57. The number of hydrogen-bond donors (Lipinski definition) is 1. The van der Waals surface area contributed by atoms with Crippen molar-refractivity contribution in [3.63, 3.8) is 0 Å². The molecule has 3 nitrogen and oxygen atoms in total. The monoisotopic (exact) mass is 367 g/mol. The normalized spacial score (nSPS) is 11.9. The Kier molecular flexibility index (Phi) is 5.17. The average Bonchev–Trinajstić information content (AvgIpc) is 2.65. The number of rotatable bonds is 4. The van der Waals surface area contributed by atoms with Gasteiger partial charge in [-0.25, -0.2) is 0 Å². The van der Waals surface area contributed by atoms with Crippen molar-refractivity contribution >= 4 is 27.7 Å². The fraction of sp³-hybridized carbons (Fsp3) is 0.438. The number of hydrogen-bond acceptors (Lipinski definition) is 3. The quantitative estimate of drug-likeness (QED) is 0.860. The van der Waals surface area contributed by atoms with Gasteiger partial charge in [0.25, 0.3) is 0 Å². The summed E-state index contributed by atoms with van der Waals surface area (Å²) in [4.78, 5) is 1.21. The molecule has 0 aliphatic rings. The largest absolute Gasteiger partial charge is 0.308 e. The van der Waals surface area contributed by atoms with Crippen molar-refractivity contribution in [3.05, 3.63) is 40.0 Å². The molecule has 114 valence electrons. The van der Waals surface area contributed by atoms with Gasteiger partial charge in [0.15, 0.2) is 0 Å². The second-order valence-electron chi connectivity index (χ2n) is 6.21. The van der Waals surface area contributed by atoms with Crippen molar-refractivity contribution < 1.29 is 0 Å². The topological polar surface area (TPSA) is 29.9 Å². The lowest BCUT2D eigenvalue weighted by molar-refractivity contribution is 0.424. The summed E-state index contributed by atoms with van der Waals surface area (Å²) >= 11 is 5.41. The zero-order valence-corrected chi connectivity index (χ0v) is 15.6. The van der Waals surface area contributed by atoms with Gasteiger partial charge in [-0.3, -0.25) is 4.68 Å². The van der Waals surface area contributed by atoms with Crippen molar-refractivity contribution in [3.8, 4) is 0 Å². The molecule has 0 aliphatic heterocycles. The molecule has 1 heterocycles. The Bertz CT molecular complexity index is 629. The zero-order valence-electron chi connectivity index (χ0n) is 13.2. The van der Waals surface area contributed by atoms with E-state index in [2.05, 4.69) is 71.4 Å². The minimum atomic E-state index is 0.124. The average molecular weight is 368 g/mol. The molecule has 0 fully saturated rings. The maximum absolute atomic E-state index is 4.38. The summed E-state index contributed by atoms with van der Waals surface area (Å²) in [5.74, 6) is 0. The van der Waals surface area contributed by atoms with Gasteiger partial charge in [-0.1, -0.05) is 33.8 Å². The highest BCUT2D eigenvalue weighted by Gasteiger charge is 2.11. The van der Waals surface area contributed by atoms with Crippen LogP contribution in [0, 0.1) is 6.92 Å². The van der Waals surface area contributed by atoms with Crippen LogP contribution in [0.3, 0.4) is 0 Å². The van der Waals surface area contributed by atoms with Crippen molar-refractivity contribution in [2.75, 3.05) is 0 Å². The van der Waals surface area contributed by atoms with Gasteiger partial charge in [0.2, 0.25) is 0 Å². The zero-order chi connectivity index (χ0) is 15.6. The molecule has 21 heavy (non-hydrogen) atoms. The number of aromatic nitrogens is 2. The first kappa shape index (κ1) is 16.6. The Labute approximate surface area is 139 Å². The second kappa shape index (κ2) is 6.55. The van der Waals surface area contributed by atoms with E-state index in [0.717, 1.165) is 21.7 Å². The third kappa shape index (κ3) is 4.87. The van der Waals surface area contributed by atoms with Crippen molar-refractivity contribution in [1.29, 1.82) is 0 Å². The summed E-state index contributed by atoms with van der Waals surface area (Å²) in [5.41, 5.74) is 2.44. The van der Waals surface area contributed by atoms with Crippen molar-refractivity contribution in [1.82, 2.24) is 15.1 Å². The minimum absolute atomic E-state index is 0.124. The summed E-state index contributed by atoms with van der Waals surface area (Å²) in [6.07, 6.45) is 0. The van der Waals surface area contributed by atoms with E-state index >= 15 is 0 Å². The highest BCUT2D eigenvalue weighted by Crippen LogP contribution is 2.31. The van der Waals surface area contributed by atoms with Crippen LogP contribution in [0.2, 0.25) is 0 Å². The van der Waals surface area contributed by atoms with Crippen molar-refractivity contribution in [2.24, 2.45) is 7.05 Å². The van der Waals surface area contributed by atoms with Crippen LogP contribution >= 0.6 is 27.7 Å². The van der Waals surface area contributed by atoms with Crippen molar-refractivity contribution in [2.45, 2.75) is 49.7 Å². The molecule has 0 atom stereocenters. The minimum Gasteiger partial charge on any atom is -0.308 e. The van der Waals surface area contributed by atoms with Crippen LogP contribution in [0.1, 0.15) is 32.0 Å². The molecule has 2 rings (SSSR count). The van der Waals surface area contributed by atoms with Crippen LogP contribution in [0.4, 0.5) is 0 Å². The third-order valence-corrected chi connectivity index (χ3v) is 4.83. The fourth-order valence-electron chi connectivity index (χ4n) is 1.90. The molecule has 0 spiro atoms. The van der Waals surface area contributed by atoms with Crippen LogP contribution in [-0.4, -0.2) is 15.3 Å². The van der Waals surface area contributed by atoms with E-state index in [4.69, 9.17) is 0 Å². The molecular formula is C16H22BrN3S. The Hall–Kier alpha value is -0.780. The Morgan fingerprint density at radius 3 is 2.52 bits per heavy atom. The standard InChI is InChI=1S/C16H22BrN3S/c1-11-8-15(20(5)19-11)21-13-7-6-12(14(17)9-13)10-18-16(2,3)4/h6-9,18H,10H2,1-5H3. The Morgan fingerprint density at radius 2 is 2.00 bits per heavy atom. The summed E-state index contributed by atoms with van der Waals surface area (Å²) in [7, 11) is 1.98. The number of halogens is 1. The molecule has 0 radical (unpaired) electrons.